The fourth-order valence-electron chi connectivity index (χ4n) is 7.41. The third-order valence-electron chi connectivity index (χ3n) is 11.4. The fourth-order valence-corrected chi connectivity index (χ4v) is 8.15. The number of phosphoric ester groups is 1. The maximum Gasteiger partial charge on any atom is 0.472 e. The molecule has 0 saturated heterocycles. The van der Waals surface area contributed by atoms with Crippen LogP contribution in [0.3, 0.4) is 0 Å². The van der Waals surface area contributed by atoms with E-state index in [0.717, 1.165) is 38.5 Å². The molecule has 0 saturated carbocycles. The van der Waals surface area contributed by atoms with Gasteiger partial charge in [0.15, 0.2) is 0 Å². The molecule has 3 atom stereocenters. The summed E-state index contributed by atoms with van der Waals surface area (Å²) in [5, 5.41) is 13.8. The molecular weight excluding hydrogens is 756 g/mol. The van der Waals surface area contributed by atoms with E-state index >= 15 is 0 Å². The number of nitrogens with one attached hydrogen (secondary N) is 1. The molecule has 3 unspecified atom stereocenters. The van der Waals surface area contributed by atoms with Crippen LogP contribution in [0.25, 0.3) is 0 Å². The molecule has 0 rings (SSSR count). The van der Waals surface area contributed by atoms with E-state index in [0.29, 0.717) is 17.4 Å². The van der Waals surface area contributed by atoms with Crippen molar-refractivity contribution >= 4 is 13.7 Å². The number of carbonyl (C=O) groups is 1. The highest BCUT2D eigenvalue weighted by atomic mass is 31.2. The van der Waals surface area contributed by atoms with Crippen molar-refractivity contribution in [2.45, 2.75) is 251 Å². The van der Waals surface area contributed by atoms with Gasteiger partial charge in [-0.25, -0.2) is 4.57 Å². The molecule has 350 valence electrons. The predicted octanol–water partition coefficient (Wildman–Crippen LogP) is 14.5. The summed E-state index contributed by atoms with van der Waals surface area (Å²) < 4.78 is 23.6. The number of amides is 1. The molecule has 0 aliphatic carbocycles. The number of phosphoric acid groups is 1. The molecule has 3 N–H and O–H groups in total. The molecule has 0 aliphatic heterocycles. The molecule has 0 spiro atoms. The van der Waals surface area contributed by atoms with Crippen LogP contribution in [0.15, 0.2) is 24.3 Å². The standard InChI is InChI=1S/C50H99N2O6P/c1-6-8-10-12-14-16-18-20-21-22-23-24-25-26-27-28-29-30-31-32-33-35-37-39-41-43-49(53)48(47-58-59(55,56)57-46-45-52(3,4)5)51-50(54)44-42-40-38-36-34-19-17-15-13-11-9-7-2/h33,35,41,43,48-49,53H,6-32,34,36-40,42,44-47H2,1-5H3,(H-,51,54,55,56)/p+1/b35-33+,43-41+. The Balaban J connectivity index is 4.26. The summed E-state index contributed by atoms with van der Waals surface area (Å²) in [6.07, 6.45) is 51.3. The average Bonchev–Trinajstić information content (AvgIpc) is 3.19. The van der Waals surface area contributed by atoms with Crippen molar-refractivity contribution in [3.63, 3.8) is 0 Å². The number of quaternary nitrogens is 1. The Hall–Kier alpha value is -1.02. The number of allylic oxidation sites excluding steroid dienone is 3. The first-order valence-electron chi connectivity index (χ1n) is 25.2. The minimum atomic E-state index is -4.34. The highest BCUT2D eigenvalue weighted by Gasteiger charge is 2.27. The molecule has 59 heavy (non-hydrogen) atoms. The molecular formula is C50H100N2O6P+. The number of likely N-dealkylation sites (N-methyl/N-ethyl adjacent to an activating group) is 1. The molecule has 0 aliphatic rings. The smallest absolute Gasteiger partial charge is 0.387 e. The van der Waals surface area contributed by atoms with Gasteiger partial charge in [-0.2, -0.15) is 0 Å². The summed E-state index contributed by atoms with van der Waals surface area (Å²) in [5.41, 5.74) is 0. The van der Waals surface area contributed by atoms with Gasteiger partial charge in [-0.3, -0.25) is 13.8 Å². The molecule has 0 fully saturated rings. The van der Waals surface area contributed by atoms with E-state index in [2.05, 4.69) is 31.3 Å². The van der Waals surface area contributed by atoms with E-state index in [1.807, 2.05) is 27.2 Å². The summed E-state index contributed by atoms with van der Waals surface area (Å²) in [7, 11) is 1.56. The number of hydrogen-bond acceptors (Lipinski definition) is 5. The Bertz CT molecular complexity index is 1020. The molecule has 0 aromatic carbocycles. The first-order valence-corrected chi connectivity index (χ1v) is 26.7. The van der Waals surface area contributed by atoms with Crippen molar-refractivity contribution in [2.75, 3.05) is 40.9 Å². The second kappa shape index (κ2) is 42.3. The minimum Gasteiger partial charge on any atom is -0.387 e. The quantitative estimate of drug-likeness (QED) is 0.0244. The van der Waals surface area contributed by atoms with Crippen LogP contribution < -0.4 is 5.32 Å². The Labute approximate surface area is 366 Å². The number of aliphatic hydroxyl groups is 1. The second-order valence-corrected chi connectivity index (χ2v) is 20.0. The average molecular weight is 856 g/mol. The molecule has 8 nitrogen and oxygen atoms in total. The van der Waals surface area contributed by atoms with Crippen LogP contribution in [-0.4, -0.2) is 73.4 Å². The van der Waals surface area contributed by atoms with Gasteiger partial charge in [0.25, 0.3) is 0 Å². The summed E-state index contributed by atoms with van der Waals surface area (Å²) in [4.78, 5) is 23.1. The van der Waals surface area contributed by atoms with Crippen molar-refractivity contribution in [2.24, 2.45) is 0 Å². The molecule has 1 amide bonds. The highest BCUT2D eigenvalue weighted by molar-refractivity contribution is 7.47. The zero-order chi connectivity index (χ0) is 43.6. The lowest BCUT2D eigenvalue weighted by Gasteiger charge is -2.25. The SMILES string of the molecule is CCCCCCCCCCCCCCCCCCCCC/C=C/CC/C=C/C(O)C(COP(=O)(O)OCC[N+](C)(C)C)NC(=O)CCCCCCCCCCCCCC. The number of carbonyl (C=O) groups excluding carboxylic acids is 1. The zero-order valence-electron chi connectivity index (χ0n) is 39.8. The Kier molecular flexibility index (Phi) is 41.6. The van der Waals surface area contributed by atoms with Gasteiger partial charge in [-0.05, 0) is 32.1 Å². The molecule has 0 heterocycles. The normalized spacial score (nSPS) is 14.4. The first-order chi connectivity index (χ1) is 28.5. The summed E-state index contributed by atoms with van der Waals surface area (Å²) in [5.74, 6) is -0.186. The lowest BCUT2D eigenvalue weighted by Crippen LogP contribution is -2.45. The maximum atomic E-state index is 12.9. The zero-order valence-corrected chi connectivity index (χ0v) is 40.7. The lowest BCUT2D eigenvalue weighted by molar-refractivity contribution is -0.870. The predicted molar refractivity (Wildman–Crippen MR) is 254 cm³/mol. The van der Waals surface area contributed by atoms with Gasteiger partial charge in [0.1, 0.15) is 13.2 Å². The fraction of sp³-hybridized carbons (Fsp3) is 0.900. The van der Waals surface area contributed by atoms with Crippen molar-refractivity contribution < 1.29 is 32.9 Å². The van der Waals surface area contributed by atoms with Gasteiger partial charge in [0.2, 0.25) is 5.91 Å². The second-order valence-electron chi connectivity index (χ2n) is 18.5. The summed E-state index contributed by atoms with van der Waals surface area (Å²) in [6, 6.07) is -0.858. The van der Waals surface area contributed by atoms with Crippen LogP contribution in [0.1, 0.15) is 239 Å². The topological polar surface area (TPSA) is 105 Å². The minimum absolute atomic E-state index is 0.0583. The Morgan fingerprint density at radius 1 is 0.559 bits per heavy atom. The van der Waals surface area contributed by atoms with Crippen LogP contribution in [0, 0.1) is 0 Å². The van der Waals surface area contributed by atoms with Crippen LogP contribution in [-0.2, 0) is 18.4 Å². The Morgan fingerprint density at radius 3 is 1.36 bits per heavy atom. The number of hydrogen-bond donors (Lipinski definition) is 3. The van der Waals surface area contributed by atoms with E-state index in [1.165, 1.54) is 180 Å². The van der Waals surface area contributed by atoms with E-state index in [4.69, 9.17) is 9.05 Å². The van der Waals surface area contributed by atoms with Crippen molar-refractivity contribution in [3.8, 4) is 0 Å². The summed E-state index contributed by atoms with van der Waals surface area (Å²) in [6.45, 7) is 4.81. The van der Waals surface area contributed by atoms with E-state index in [-0.39, 0.29) is 19.1 Å². The van der Waals surface area contributed by atoms with Crippen LogP contribution in [0.2, 0.25) is 0 Å². The van der Waals surface area contributed by atoms with Gasteiger partial charge in [0, 0.05) is 6.42 Å². The van der Waals surface area contributed by atoms with Crippen molar-refractivity contribution in [3.05, 3.63) is 24.3 Å². The van der Waals surface area contributed by atoms with E-state index < -0.39 is 20.0 Å². The van der Waals surface area contributed by atoms with E-state index in [9.17, 15) is 19.4 Å². The number of aliphatic hydroxyl groups excluding tert-OH is 1. The third kappa shape index (κ3) is 44.8. The molecule has 0 bridgehead atoms. The third-order valence-corrected chi connectivity index (χ3v) is 12.4. The monoisotopic (exact) mass is 856 g/mol. The number of unbranched alkanes of at least 4 members (excludes halogenated alkanes) is 31. The number of rotatable bonds is 46. The molecule has 0 aromatic rings. The molecule has 0 aromatic heterocycles. The highest BCUT2D eigenvalue weighted by Crippen LogP contribution is 2.43. The van der Waals surface area contributed by atoms with Crippen molar-refractivity contribution in [1.82, 2.24) is 5.32 Å². The van der Waals surface area contributed by atoms with Gasteiger partial charge in [-0.1, -0.05) is 224 Å². The number of nitrogens with zero attached hydrogens (tertiary/aromatic N) is 1. The largest absolute Gasteiger partial charge is 0.472 e. The van der Waals surface area contributed by atoms with Gasteiger partial charge >= 0.3 is 7.82 Å². The molecule has 9 heteroatoms. The van der Waals surface area contributed by atoms with Gasteiger partial charge < -0.3 is 19.8 Å². The van der Waals surface area contributed by atoms with Crippen LogP contribution in [0.4, 0.5) is 0 Å². The van der Waals surface area contributed by atoms with Crippen LogP contribution >= 0.6 is 7.82 Å². The first kappa shape index (κ1) is 58.0. The van der Waals surface area contributed by atoms with Crippen LogP contribution in [0.5, 0.6) is 0 Å². The molecule has 0 radical (unpaired) electrons. The maximum absolute atomic E-state index is 12.9. The lowest BCUT2D eigenvalue weighted by atomic mass is 10.0. The van der Waals surface area contributed by atoms with Gasteiger partial charge in [-0.15, -0.1) is 0 Å². The van der Waals surface area contributed by atoms with E-state index in [1.54, 1.807) is 6.08 Å². The van der Waals surface area contributed by atoms with Crippen molar-refractivity contribution in [1.29, 1.82) is 0 Å². The van der Waals surface area contributed by atoms with Gasteiger partial charge in [0.05, 0.1) is 39.9 Å². The summed E-state index contributed by atoms with van der Waals surface area (Å²) >= 11 is 0. The Morgan fingerprint density at radius 2 is 0.932 bits per heavy atom.